The zero-order valence-corrected chi connectivity index (χ0v) is 19.5. The number of unbranched alkanes of at least 4 members (excludes halogenated alkanes) is 6. The summed E-state index contributed by atoms with van der Waals surface area (Å²) in [7, 11) is 2.02. The molecular formula is C23H46N2O4. The molecule has 0 aliphatic heterocycles. The van der Waals surface area contributed by atoms with Crippen molar-refractivity contribution in [3.8, 4) is 0 Å². The average molecular weight is 415 g/mol. The predicted molar refractivity (Wildman–Crippen MR) is 119 cm³/mol. The average Bonchev–Trinajstić information content (AvgIpc) is 2.70. The van der Waals surface area contributed by atoms with Crippen LogP contribution >= 0.6 is 0 Å². The largest absolute Gasteiger partial charge is 0.466 e. The summed E-state index contributed by atoms with van der Waals surface area (Å²) in [6.07, 6.45) is 11.4. The molecule has 0 rings (SSSR count). The minimum absolute atomic E-state index is 0.131. The zero-order valence-electron chi connectivity index (χ0n) is 19.5. The molecule has 1 amide bonds. The predicted octanol–water partition coefficient (Wildman–Crippen LogP) is 5.30. The third kappa shape index (κ3) is 18.5. The number of ether oxygens (including phenoxy) is 2. The molecule has 6 nitrogen and oxygen atoms in total. The van der Waals surface area contributed by atoms with Crippen LogP contribution in [0.4, 0.5) is 4.79 Å². The van der Waals surface area contributed by atoms with Crippen LogP contribution in [0.15, 0.2) is 0 Å². The van der Waals surface area contributed by atoms with Gasteiger partial charge in [0.05, 0.1) is 6.61 Å². The van der Waals surface area contributed by atoms with Gasteiger partial charge in [0.1, 0.15) is 6.10 Å². The molecule has 0 aromatic rings. The lowest BCUT2D eigenvalue weighted by Crippen LogP contribution is -2.35. The topological polar surface area (TPSA) is 67.9 Å². The molecule has 1 N–H and O–H groups in total. The van der Waals surface area contributed by atoms with E-state index in [-0.39, 0.29) is 18.2 Å². The number of esters is 1. The molecule has 0 aliphatic carbocycles. The maximum Gasteiger partial charge on any atom is 0.407 e. The molecule has 0 saturated heterocycles. The quantitative estimate of drug-likeness (QED) is 0.229. The van der Waals surface area contributed by atoms with Crippen LogP contribution in [0, 0.1) is 0 Å². The van der Waals surface area contributed by atoms with Crippen LogP contribution in [0.2, 0.25) is 0 Å². The van der Waals surface area contributed by atoms with Crippen LogP contribution < -0.4 is 5.32 Å². The Hall–Kier alpha value is -1.30. The van der Waals surface area contributed by atoms with Gasteiger partial charge in [-0.2, -0.15) is 0 Å². The number of amides is 1. The Morgan fingerprint density at radius 3 is 2.24 bits per heavy atom. The summed E-state index contributed by atoms with van der Waals surface area (Å²) in [5.41, 5.74) is 0. The Morgan fingerprint density at radius 2 is 1.55 bits per heavy atom. The molecule has 6 heteroatoms. The summed E-state index contributed by atoms with van der Waals surface area (Å²) in [6, 6.07) is 0. The minimum atomic E-state index is -0.351. The van der Waals surface area contributed by atoms with Gasteiger partial charge in [-0.15, -0.1) is 0 Å². The van der Waals surface area contributed by atoms with Crippen molar-refractivity contribution in [1.29, 1.82) is 0 Å². The monoisotopic (exact) mass is 414 g/mol. The van der Waals surface area contributed by atoms with E-state index < -0.39 is 0 Å². The van der Waals surface area contributed by atoms with Gasteiger partial charge in [0.25, 0.3) is 0 Å². The van der Waals surface area contributed by atoms with Crippen molar-refractivity contribution < 1.29 is 19.1 Å². The van der Waals surface area contributed by atoms with E-state index in [1.54, 1.807) is 0 Å². The van der Waals surface area contributed by atoms with E-state index in [1.807, 2.05) is 7.05 Å². The highest BCUT2D eigenvalue weighted by atomic mass is 16.6. The maximum atomic E-state index is 12.1. The molecule has 0 bridgehead atoms. The summed E-state index contributed by atoms with van der Waals surface area (Å²) in [5.74, 6) is -0.149. The fourth-order valence-electron chi connectivity index (χ4n) is 2.99. The van der Waals surface area contributed by atoms with Gasteiger partial charge in [0.2, 0.25) is 0 Å². The number of carbonyl (C=O) groups excluding carboxylic acids is 2. The first-order chi connectivity index (χ1) is 14.0. The van der Waals surface area contributed by atoms with Crippen molar-refractivity contribution >= 4 is 12.1 Å². The van der Waals surface area contributed by atoms with Gasteiger partial charge in [-0.05, 0) is 45.7 Å². The van der Waals surface area contributed by atoms with Crippen LogP contribution in [-0.2, 0) is 14.3 Å². The van der Waals surface area contributed by atoms with Gasteiger partial charge >= 0.3 is 12.1 Å². The van der Waals surface area contributed by atoms with Gasteiger partial charge in [0.15, 0.2) is 0 Å². The molecule has 0 spiro atoms. The van der Waals surface area contributed by atoms with Crippen molar-refractivity contribution in [1.82, 2.24) is 10.2 Å². The zero-order chi connectivity index (χ0) is 21.7. The summed E-state index contributed by atoms with van der Waals surface area (Å²) in [6.45, 7) is 9.21. The van der Waals surface area contributed by atoms with Crippen LogP contribution in [-0.4, -0.2) is 56.4 Å². The molecule has 0 fully saturated rings. The summed E-state index contributed by atoms with van der Waals surface area (Å²) in [4.78, 5) is 26.0. The molecule has 0 aliphatic rings. The fraction of sp³-hybridized carbons (Fsp3) is 0.913. The highest BCUT2D eigenvalue weighted by Crippen LogP contribution is 2.15. The summed E-state index contributed by atoms with van der Waals surface area (Å²) < 4.78 is 10.9. The highest BCUT2D eigenvalue weighted by Gasteiger charge is 2.15. The number of nitrogens with one attached hydrogen (secondary N) is 1. The Balaban J connectivity index is 4.22. The molecule has 1 unspecified atom stereocenters. The van der Waals surface area contributed by atoms with Crippen LogP contribution in [0.25, 0.3) is 0 Å². The number of hydrogen-bond donors (Lipinski definition) is 1. The van der Waals surface area contributed by atoms with Crippen molar-refractivity contribution in [3.05, 3.63) is 0 Å². The number of likely N-dealkylation sites (N-methyl/N-ethyl adjacent to an activating group) is 1. The van der Waals surface area contributed by atoms with E-state index in [4.69, 9.17) is 9.47 Å². The molecule has 0 heterocycles. The second-order valence-corrected chi connectivity index (χ2v) is 7.87. The fourth-order valence-corrected chi connectivity index (χ4v) is 2.99. The molecule has 29 heavy (non-hydrogen) atoms. The second kappa shape index (κ2) is 20.0. The summed E-state index contributed by atoms with van der Waals surface area (Å²) in [5, 5.41) is 2.84. The van der Waals surface area contributed by atoms with Gasteiger partial charge in [-0.25, -0.2) is 4.79 Å². The normalized spacial score (nSPS) is 12.0. The van der Waals surface area contributed by atoms with Gasteiger partial charge in [-0.3, -0.25) is 4.79 Å². The SMILES string of the molecule is CCCCCCCCC(CCCC(=O)OCCCC)OC(=O)NCCN(C)CC. The van der Waals surface area contributed by atoms with E-state index in [0.29, 0.717) is 32.4 Å². The van der Waals surface area contributed by atoms with E-state index in [9.17, 15) is 9.59 Å². The first kappa shape index (κ1) is 27.7. The first-order valence-electron chi connectivity index (χ1n) is 11.8. The molecule has 0 saturated carbocycles. The maximum absolute atomic E-state index is 12.1. The lowest BCUT2D eigenvalue weighted by Gasteiger charge is -2.19. The highest BCUT2D eigenvalue weighted by molar-refractivity contribution is 5.69. The molecule has 0 aromatic carbocycles. The first-order valence-corrected chi connectivity index (χ1v) is 11.8. The number of alkyl carbamates (subject to hydrolysis) is 1. The van der Waals surface area contributed by atoms with Crippen molar-refractivity contribution in [2.75, 3.05) is 33.3 Å². The Morgan fingerprint density at radius 1 is 0.897 bits per heavy atom. The third-order valence-corrected chi connectivity index (χ3v) is 5.12. The van der Waals surface area contributed by atoms with Crippen LogP contribution in [0.1, 0.15) is 97.8 Å². The van der Waals surface area contributed by atoms with Gasteiger partial charge in [0, 0.05) is 19.5 Å². The molecule has 1 atom stereocenters. The Labute approximate surface area is 179 Å². The number of rotatable bonds is 19. The van der Waals surface area contributed by atoms with E-state index in [1.165, 1.54) is 32.1 Å². The third-order valence-electron chi connectivity index (χ3n) is 5.12. The van der Waals surface area contributed by atoms with E-state index in [2.05, 4.69) is 31.0 Å². The van der Waals surface area contributed by atoms with Crippen molar-refractivity contribution in [2.24, 2.45) is 0 Å². The Bertz CT molecular complexity index is 404. The second-order valence-electron chi connectivity index (χ2n) is 7.87. The summed E-state index contributed by atoms with van der Waals surface area (Å²) >= 11 is 0. The van der Waals surface area contributed by atoms with E-state index >= 15 is 0 Å². The molecule has 0 radical (unpaired) electrons. The van der Waals surface area contributed by atoms with Gasteiger partial charge in [-0.1, -0.05) is 59.3 Å². The van der Waals surface area contributed by atoms with Gasteiger partial charge < -0.3 is 19.7 Å². The Kier molecular flexibility index (Phi) is 19.1. The molecule has 0 aromatic heterocycles. The smallest absolute Gasteiger partial charge is 0.407 e. The number of nitrogens with zero attached hydrogens (tertiary/aromatic N) is 1. The number of carbonyl (C=O) groups is 2. The molecular weight excluding hydrogens is 368 g/mol. The molecule has 172 valence electrons. The lowest BCUT2D eigenvalue weighted by atomic mass is 10.0. The van der Waals surface area contributed by atoms with Crippen molar-refractivity contribution in [3.63, 3.8) is 0 Å². The lowest BCUT2D eigenvalue weighted by molar-refractivity contribution is -0.143. The standard InChI is InChI=1S/C23H46N2O4/c1-5-8-10-11-12-13-15-21(16-14-17-22(26)28-20-9-6-2)29-23(27)24-18-19-25(4)7-3/h21H,5-20H2,1-4H3,(H,24,27). The minimum Gasteiger partial charge on any atom is -0.466 e. The van der Waals surface area contributed by atoms with Crippen LogP contribution in [0.5, 0.6) is 0 Å². The van der Waals surface area contributed by atoms with Crippen LogP contribution in [0.3, 0.4) is 0 Å². The van der Waals surface area contributed by atoms with E-state index in [0.717, 1.165) is 38.8 Å². The van der Waals surface area contributed by atoms with Crippen molar-refractivity contribution in [2.45, 2.75) is 104 Å². The number of hydrogen-bond acceptors (Lipinski definition) is 5.